The Morgan fingerprint density at radius 1 is 1.09 bits per heavy atom. The lowest BCUT2D eigenvalue weighted by Gasteiger charge is -2.09. The maximum Gasteiger partial charge on any atom is 0.240 e. The quantitative estimate of drug-likeness (QED) is 0.699. The van der Waals surface area contributed by atoms with Gasteiger partial charge in [0.25, 0.3) is 0 Å². The van der Waals surface area contributed by atoms with Crippen molar-refractivity contribution in [2.75, 3.05) is 27.2 Å². The first kappa shape index (κ1) is 15.6. The van der Waals surface area contributed by atoms with Crippen LogP contribution in [0, 0.1) is 6.92 Å². The molecule has 3 aromatic rings. The zero-order chi connectivity index (χ0) is 16.2. The van der Waals surface area contributed by atoms with Crippen LogP contribution in [0.25, 0.3) is 10.9 Å². The molecule has 23 heavy (non-hydrogen) atoms. The Balaban J connectivity index is 1.91. The summed E-state index contributed by atoms with van der Waals surface area (Å²) in [4.78, 5) is 2.11. The maximum atomic E-state index is 5.93. The molecule has 2 aromatic carbocycles. The summed E-state index contributed by atoms with van der Waals surface area (Å²) in [5, 5.41) is 5.78. The molecule has 0 unspecified atom stereocenters. The molecule has 0 aliphatic rings. The van der Waals surface area contributed by atoms with E-state index in [2.05, 4.69) is 54.3 Å². The Kier molecular flexibility index (Phi) is 4.63. The van der Waals surface area contributed by atoms with Gasteiger partial charge >= 0.3 is 0 Å². The normalized spacial score (nSPS) is 11.3. The molecule has 4 heteroatoms. The number of benzene rings is 2. The largest absolute Gasteiger partial charge is 0.475 e. The highest BCUT2D eigenvalue weighted by atomic mass is 16.5. The van der Waals surface area contributed by atoms with Crippen LogP contribution in [0.2, 0.25) is 0 Å². The van der Waals surface area contributed by atoms with Crippen LogP contribution in [-0.4, -0.2) is 41.9 Å². The molecular weight excluding hydrogens is 286 g/mol. The highest BCUT2D eigenvalue weighted by molar-refractivity contribution is 5.85. The number of hydrogen-bond donors (Lipinski definition) is 0. The number of aryl methyl sites for hydroxylation is 1. The Morgan fingerprint density at radius 3 is 2.61 bits per heavy atom. The first-order valence-corrected chi connectivity index (χ1v) is 7.92. The Bertz CT molecular complexity index is 778. The standard InChI is InChI=1S/C19H23N3O/c1-15-9-10-18-17(13-15)19(23-12-11-21(2)3)20-22(18)14-16-7-5-4-6-8-16/h4-10,13H,11-12,14H2,1-3H3. The van der Waals surface area contributed by atoms with Gasteiger partial charge in [0, 0.05) is 6.54 Å². The van der Waals surface area contributed by atoms with Gasteiger partial charge < -0.3 is 9.64 Å². The van der Waals surface area contributed by atoms with E-state index >= 15 is 0 Å². The van der Waals surface area contributed by atoms with Crippen LogP contribution < -0.4 is 4.74 Å². The van der Waals surface area contributed by atoms with E-state index in [4.69, 9.17) is 9.84 Å². The van der Waals surface area contributed by atoms with E-state index in [-0.39, 0.29) is 0 Å². The van der Waals surface area contributed by atoms with Crippen molar-refractivity contribution in [3.05, 3.63) is 59.7 Å². The van der Waals surface area contributed by atoms with E-state index < -0.39 is 0 Å². The van der Waals surface area contributed by atoms with Crippen LogP contribution in [-0.2, 0) is 6.54 Å². The molecule has 0 amide bonds. The van der Waals surface area contributed by atoms with Crippen LogP contribution >= 0.6 is 0 Å². The molecule has 4 nitrogen and oxygen atoms in total. The van der Waals surface area contributed by atoms with Crippen LogP contribution in [0.1, 0.15) is 11.1 Å². The van der Waals surface area contributed by atoms with Crippen molar-refractivity contribution >= 4 is 10.9 Å². The molecular formula is C19H23N3O. The smallest absolute Gasteiger partial charge is 0.240 e. The van der Waals surface area contributed by atoms with Crippen LogP contribution in [0.3, 0.4) is 0 Å². The average Bonchev–Trinajstić information content (AvgIpc) is 2.85. The minimum Gasteiger partial charge on any atom is -0.475 e. The number of fused-ring (bicyclic) bond motifs is 1. The van der Waals surface area contributed by atoms with Crippen LogP contribution in [0.5, 0.6) is 5.88 Å². The van der Waals surface area contributed by atoms with Gasteiger partial charge in [0.2, 0.25) is 5.88 Å². The monoisotopic (exact) mass is 309 g/mol. The first-order valence-electron chi connectivity index (χ1n) is 7.92. The Labute approximate surface area is 137 Å². The Hall–Kier alpha value is -2.33. The van der Waals surface area contributed by atoms with Gasteiger partial charge in [-0.1, -0.05) is 42.0 Å². The van der Waals surface area contributed by atoms with Crippen molar-refractivity contribution < 1.29 is 4.74 Å². The van der Waals surface area contributed by atoms with Gasteiger partial charge in [-0.25, -0.2) is 0 Å². The molecule has 0 spiro atoms. The first-order chi connectivity index (χ1) is 11.1. The molecule has 0 bridgehead atoms. The van der Waals surface area contributed by atoms with Gasteiger partial charge in [0.1, 0.15) is 6.61 Å². The molecule has 0 N–H and O–H groups in total. The summed E-state index contributed by atoms with van der Waals surface area (Å²) in [6.07, 6.45) is 0. The van der Waals surface area contributed by atoms with Gasteiger partial charge in [-0.05, 0) is 38.7 Å². The lowest BCUT2D eigenvalue weighted by atomic mass is 10.2. The second kappa shape index (κ2) is 6.84. The molecule has 0 atom stereocenters. The molecule has 0 aliphatic heterocycles. The molecule has 3 rings (SSSR count). The van der Waals surface area contributed by atoms with Gasteiger partial charge in [-0.2, -0.15) is 0 Å². The summed E-state index contributed by atoms with van der Waals surface area (Å²) in [5.74, 6) is 0.724. The maximum absolute atomic E-state index is 5.93. The van der Waals surface area contributed by atoms with Crippen molar-refractivity contribution in [1.29, 1.82) is 0 Å². The molecule has 1 aromatic heterocycles. The average molecular weight is 309 g/mol. The number of nitrogens with zero attached hydrogens (tertiary/aromatic N) is 3. The highest BCUT2D eigenvalue weighted by Crippen LogP contribution is 2.26. The summed E-state index contributed by atoms with van der Waals surface area (Å²) in [6.45, 7) is 4.35. The number of ether oxygens (including phenoxy) is 1. The lowest BCUT2D eigenvalue weighted by Crippen LogP contribution is -2.19. The summed E-state index contributed by atoms with van der Waals surface area (Å²) >= 11 is 0. The fraction of sp³-hybridized carbons (Fsp3) is 0.316. The van der Waals surface area contributed by atoms with E-state index in [1.54, 1.807) is 0 Å². The molecule has 0 aliphatic carbocycles. The van der Waals surface area contributed by atoms with E-state index in [1.807, 2.05) is 24.8 Å². The van der Waals surface area contributed by atoms with Crippen molar-refractivity contribution in [3.8, 4) is 5.88 Å². The third-order valence-corrected chi connectivity index (χ3v) is 3.82. The summed E-state index contributed by atoms with van der Waals surface area (Å²) in [7, 11) is 4.08. The van der Waals surface area contributed by atoms with Crippen molar-refractivity contribution in [3.63, 3.8) is 0 Å². The molecule has 0 saturated carbocycles. The zero-order valence-corrected chi connectivity index (χ0v) is 14.0. The predicted octanol–water partition coefficient (Wildman–Crippen LogP) is 3.33. The summed E-state index contributed by atoms with van der Waals surface area (Å²) in [5.41, 5.74) is 3.56. The van der Waals surface area contributed by atoms with Crippen molar-refractivity contribution in [2.24, 2.45) is 0 Å². The van der Waals surface area contributed by atoms with Gasteiger partial charge in [-0.3, -0.25) is 4.68 Å². The third kappa shape index (κ3) is 3.71. The van der Waals surface area contributed by atoms with Crippen LogP contribution in [0.4, 0.5) is 0 Å². The third-order valence-electron chi connectivity index (χ3n) is 3.82. The van der Waals surface area contributed by atoms with Crippen molar-refractivity contribution in [1.82, 2.24) is 14.7 Å². The highest BCUT2D eigenvalue weighted by Gasteiger charge is 2.12. The molecule has 1 heterocycles. The van der Waals surface area contributed by atoms with Gasteiger partial charge in [0.05, 0.1) is 17.4 Å². The fourth-order valence-corrected chi connectivity index (χ4v) is 2.57. The van der Waals surface area contributed by atoms with E-state index in [9.17, 15) is 0 Å². The number of likely N-dealkylation sites (N-methyl/N-ethyl adjacent to an activating group) is 1. The van der Waals surface area contributed by atoms with Crippen LogP contribution in [0.15, 0.2) is 48.5 Å². The van der Waals surface area contributed by atoms with E-state index in [0.29, 0.717) is 6.61 Å². The molecule has 0 saturated heterocycles. The second-order valence-corrected chi connectivity index (χ2v) is 6.12. The summed E-state index contributed by atoms with van der Waals surface area (Å²) in [6, 6.07) is 16.8. The SMILES string of the molecule is Cc1ccc2c(c1)c(OCCN(C)C)nn2Cc1ccccc1. The number of hydrogen-bond acceptors (Lipinski definition) is 3. The second-order valence-electron chi connectivity index (χ2n) is 6.12. The van der Waals surface area contributed by atoms with Gasteiger partial charge in [-0.15, -0.1) is 5.10 Å². The Morgan fingerprint density at radius 2 is 1.87 bits per heavy atom. The zero-order valence-electron chi connectivity index (χ0n) is 14.0. The van der Waals surface area contributed by atoms with Crippen molar-refractivity contribution in [2.45, 2.75) is 13.5 Å². The number of aromatic nitrogens is 2. The molecule has 0 radical (unpaired) electrons. The fourth-order valence-electron chi connectivity index (χ4n) is 2.57. The topological polar surface area (TPSA) is 30.3 Å². The minimum atomic E-state index is 0.637. The predicted molar refractivity (Wildman–Crippen MR) is 94.1 cm³/mol. The molecule has 0 fully saturated rings. The summed E-state index contributed by atoms with van der Waals surface area (Å²) < 4.78 is 7.95. The van der Waals surface area contributed by atoms with E-state index in [0.717, 1.165) is 29.9 Å². The molecule has 120 valence electrons. The van der Waals surface area contributed by atoms with Gasteiger partial charge in [0.15, 0.2) is 0 Å². The lowest BCUT2D eigenvalue weighted by molar-refractivity contribution is 0.254. The van der Waals surface area contributed by atoms with E-state index in [1.165, 1.54) is 11.1 Å². The number of rotatable bonds is 6. The minimum absolute atomic E-state index is 0.637.